The Morgan fingerprint density at radius 2 is 2.07 bits per heavy atom. The topological polar surface area (TPSA) is 83.7 Å². The highest BCUT2D eigenvalue weighted by molar-refractivity contribution is 7.88. The number of carbonyl (C=O) groups is 1. The number of nitrogens with zero attached hydrogens (tertiary/aromatic N) is 2. The SMILES string of the molecule is CC.CC(=O)N1CCCC1C.CCS(=O)(=O)N(F)CC1CC2(N)CC=C1C2. The summed E-state index contributed by atoms with van der Waals surface area (Å²) in [6.07, 6.45) is 6.71. The lowest BCUT2D eigenvalue weighted by Gasteiger charge is -2.24. The maximum absolute atomic E-state index is 13.5. The Bertz CT molecular complexity index is 638. The number of nitrogens with two attached hydrogens (primary N) is 1. The summed E-state index contributed by atoms with van der Waals surface area (Å²) in [5.74, 6) is -0.0201. The zero-order valence-corrected chi connectivity index (χ0v) is 18.2. The van der Waals surface area contributed by atoms with Crippen LogP contribution in [0.15, 0.2) is 11.6 Å². The van der Waals surface area contributed by atoms with E-state index in [0.717, 1.165) is 25.0 Å². The average molecular weight is 406 g/mol. The molecule has 1 heterocycles. The van der Waals surface area contributed by atoms with Crippen LogP contribution in [0.5, 0.6) is 0 Å². The number of amides is 1. The predicted octanol–water partition coefficient (Wildman–Crippen LogP) is 3.00. The Hall–Kier alpha value is -0.990. The third-order valence-electron chi connectivity index (χ3n) is 5.49. The molecule has 2 aliphatic carbocycles. The van der Waals surface area contributed by atoms with Crippen molar-refractivity contribution in [1.29, 1.82) is 0 Å². The van der Waals surface area contributed by atoms with Gasteiger partial charge in [0.15, 0.2) is 0 Å². The Morgan fingerprint density at radius 3 is 2.41 bits per heavy atom. The minimum atomic E-state index is -3.72. The molecule has 6 nitrogen and oxygen atoms in total. The van der Waals surface area contributed by atoms with Crippen molar-refractivity contribution in [3.63, 3.8) is 0 Å². The molecule has 158 valence electrons. The highest BCUT2D eigenvalue weighted by Crippen LogP contribution is 2.45. The van der Waals surface area contributed by atoms with E-state index in [1.54, 1.807) is 6.92 Å². The number of halogens is 1. The lowest BCUT2D eigenvalue weighted by molar-refractivity contribution is -0.129. The number of hydrogen-bond acceptors (Lipinski definition) is 4. The first kappa shape index (κ1) is 24.0. The van der Waals surface area contributed by atoms with Crippen molar-refractivity contribution in [2.24, 2.45) is 11.7 Å². The standard InChI is InChI=1S/C10H17FN2O2S.C7H13NO.C2H6/c1-2-16(14,15)13(11)7-9-6-10(12)4-3-8(9)5-10;1-6-4-3-5-8(6)7(2)9;1-2/h3,9H,2,4-7,12H2,1H3;6H,3-5H2,1-2H3;1-2H3. The van der Waals surface area contributed by atoms with Gasteiger partial charge in [-0.25, -0.2) is 8.42 Å². The first-order valence-electron chi connectivity index (χ1n) is 9.99. The van der Waals surface area contributed by atoms with Gasteiger partial charge in [-0.15, -0.1) is 4.48 Å². The predicted molar refractivity (Wildman–Crippen MR) is 107 cm³/mol. The number of sulfonamides is 1. The third-order valence-corrected chi connectivity index (χ3v) is 6.97. The Kier molecular flexibility index (Phi) is 8.89. The van der Waals surface area contributed by atoms with Gasteiger partial charge in [-0.2, -0.15) is 0 Å². The number of likely N-dealkylation sites (tertiary alicyclic amines) is 1. The van der Waals surface area contributed by atoms with Crippen molar-refractivity contribution in [2.45, 2.75) is 78.3 Å². The molecule has 8 heteroatoms. The summed E-state index contributed by atoms with van der Waals surface area (Å²) < 4.78 is 36.0. The van der Waals surface area contributed by atoms with E-state index in [2.05, 4.69) is 6.92 Å². The van der Waals surface area contributed by atoms with Crippen LogP contribution in [0.2, 0.25) is 0 Å². The molecule has 2 N–H and O–H groups in total. The summed E-state index contributed by atoms with van der Waals surface area (Å²) in [5.41, 5.74) is 6.95. The number of hydrogen-bond donors (Lipinski definition) is 1. The van der Waals surface area contributed by atoms with Crippen LogP contribution in [0.4, 0.5) is 4.48 Å². The van der Waals surface area contributed by atoms with E-state index in [1.165, 1.54) is 19.8 Å². The molecule has 3 rings (SSSR count). The molecular formula is C19H36FN3O3S. The van der Waals surface area contributed by atoms with E-state index in [-0.39, 0.29) is 34.2 Å². The molecule has 1 aliphatic heterocycles. The molecule has 0 aromatic rings. The van der Waals surface area contributed by atoms with Gasteiger partial charge in [-0.05, 0) is 56.4 Å². The minimum Gasteiger partial charge on any atom is -0.340 e. The van der Waals surface area contributed by atoms with E-state index >= 15 is 0 Å². The second-order valence-corrected chi connectivity index (χ2v) is 9.64. The van der Waals surface area contributed by atoms with Crippen molar-refractivity contribution >= 4 is 15.9 Å². The van der Waals surface area contributed by atoms with Crippen LogP contribution in [0, 0.1) is 5.92 Å². The summed E-state index contributed by atoms with van der Waals surface area (Å²) in [4.78, 5) is 12.7. The van der Waals surface area contributed by atoms with Gasteiger partial charge in [0.1, 0.15) is 0 Å². The van der Waals surface area contributed by atoms with E-state index < -0.39 is 10.0 Å². The maximum Gasteiger partial charge on any atom is 0.239 e. The van der Waals surface area contributed by atoms with Crippen LogP contribution in [0.25, 0.3) is 0 Å². The van der Waals surface area contributed by atoms with E-state index in [1.807, 2.05) is 24.8 Å². The van der Waals surface area contributed by atoms with Crippen LogP contribution < -0.4 is 5.73 Å². The fourth-order valence-electron chi connectivity index (χ4n) is 3.98. The molecule has 1 saturated heterocycles. The van der Waals surface area contributed by atoms with E-state index in [0.29, 0.717) is 12.5 Å². The molecule has 0 aromatic heterocycles. The van der Waals surface area contributed by atoms with Crippen LogP contribution in [-0.4, -0.2) is 54.2 Å². The van der Waals surface area contributed by atoms with Gasteiger partial charge in [0.05, 0.1) is 12.3 Å². The van der Waals surface area contributed by atoms with Crippen LogP contribution in [-0.2, 0) is 14.8 Å². The minimum absolute atomic E-state index is 0.0252. The molecule has 0 radical (unpaired) electrons. The fraction of sp³-hybridized carbons (Fsp3) is 0.842. The lowest BCUT2D eigenvalue weighted by Crippen LogP contribution is -2.37. The summed E-state index contributed by atoms with van der Waals surface area (Å²) in [6.45, 7) is 10.1. The largest absolute Gasteiger partial charge is 0.340 e. The molecule has 3 aliphatic rings. The average Bonchev–Trinajstić information content (AvgIpc) is 3.30. The number of carbonyl (C=O) groups excluding carboxylic acids is 1. The molecule has 2 fully saturated rings. The summed E-state index contributed by atoms with van der Waals surface area (Å²) >= 11 is 0. The quantitative estimate of drug-likeness (QED) is 0.576. The van der Waals surface area contributed by atoms with Gasteiger partial charge in [-0.3, -0.25) is 4.79 Å². The van der Waals surface area contributed by atoms with Crippen molar-refractivity contribution in [2.75, 3.05) is 18.8 Å². The zero-order chi connectivity index (χ0) is 20.8. The number of rotatable bonds is 4. The Balaban J connectivity index is 0.000000282. The molecule has 0 spiro atoms. The van der Waals surface area contributed by atoms with Gasteiger partial charge in [-0.1, -0.05) is 25.5 Å². The van der Waals surface area contributed by atoms with Crippen molar-refractivity contribution in [3.05, 3.63) is 11.6 Å². The maximum atomic E-state index is 13.5. The molecule has 0 aromatic carbocycles. The molecule has 3 unspecified atom stereocenters. The van der Waals surface area contributed by atoms with Gasteiger partial charge in [0.25, 0.3) is 0 Å². The lowest BCUT2D eigenvalue weighted by atomic mass is 9.91. The molecule has 1 amide bonds. The Labute approximate surface area is 163 Å². The summed E-state index contributed by atoms with van der Waals surface area (Å²) in [6, 6.07) is 0.488. The first-order valence-corrected chi connectivity index (χ1v) is 11.6. The Morgan fingerprint density at radius 1 is 1.44 bits per heavy atom. The highest BCUT2D eigenvalue weighted by Gasteiger charge is 2.44. The summed E-state index contributed by atoms with van der Waals surface area (Å²) in [7, 11) is -3.72. The second-order valence-electron chi connectivity index (χ2n) is 7.50. The van der Waals surface area contributed by atoms with Gasteiger partial charge in [0, 0.05) is 25.0 Å². The first-order chi connectivity index (χ1) is 12.6. The molecule has 2 bridgehead atoms. The number of fused-ring (bicyclic) bond motifs is 2. The molecule has 3 atom stereocenters. The van der Waals surface area contributed by atoms with Crippen molar-refractivity contribution in [3.8, 4) is 0 Å². The van der Waals surface area contributed by atoms with E-state index in [4.69, 9.17) is 5.73 Å². The van der Waals surface area contributed by atoms with Gasteiger partial charge >= 0.3 is 0 Å². The monoisotopic (exact) mass is 405 g/mol. The highest BCUT2D eigenvalue weighted by atomic mass is 32.2. The van der Waals surface area contributed by atoms with Crippen molar-refractivity contribution in [1.82, 2.24) is 9.43 Å². The molecule has 27 heavy (non-hydrogen) atoms. The van der Waals surface area contributed by atoms with Crippen molar-refractivity contribution < 1.29 is 17.7 Å². The smallest absolute Gasteiger partial charge is 0.239 e. The van der Waals surface area contributed by atoms with Crippen LogP contribution in [0.1, 0.15) is 66.7 Å². The molecular weight excluding hydrogens is 369 g/mol. The summed E-state index contributed by atoms with van der Waals surface area (Å²) in [5, 5.41) is 0. The normalized spacial score (nSPS) is 29.0. The van der Waals surface area contributed by atoms with Gasteiger partial charge < -0.3 is 10.6 Å². The van der Waals surface area contributed by atoms with E-state index in [9.17, 15) is 17.7 Å². The second kappa shape index (κ2) is 9.98. The van der Waals surface area contributed by atoms with Crippen LogP contribution in [0.3, 0.4) is 0 Å². The molecule has 1 saturated carbocycles. The third kappa shape index (κ3) is 6.26. The van der Waals surface area contributed by atoms with Gasteiger partial charge in [0.2, 0.25) is 15.9 Å². The van der Waals surface area contributed by atoms with Crippen LogP contribution >= 0.6 is 0 Å². The fourth-order valence-corrected chi connectivity index (χ4v) is 4.67. The zero-order valence-electron chi connectivity index (χ0n) is 17.4.